The van der Waals surface area contributed by atoms with Crippen molar-refractivity contribution in [1.82, 2.24) is 0 Å². The molecule has 0 spiro atoms. The minimum absolute atomic E-state index is 0.135. The summed E-state index contributed by atoms with van der Waals surface area (Å²) in [6.45, 7) is 3.63. The van der Waals surface area contributed by atoms with Gasteiger partial charge in [-0.3, -0.25) is 0 Å². The highest BCUT2D eigenvalue weighted by Crippen LogP contribution is 2.38. The number of rotatable bonds is 5. The van der Waals surface area contributed by atoms with Crippen molar-refractivity contribution in [3.63, 3.8) is 0 Å². The fraction of sp³-hybridized carbons (Fsp3) is 0.278. The molecule has 2 unspecified atom stereocenters. The van der Waals surface area contributed by atoms with Gasteiger partial charge in [0.05, 0.1) is 0 Å². The first kappa shape index (κ1) is 15.3. The highest BCUT2D eigenvalue weighted by atomic mass is 16.4. The Kier molecular flexibility index (Phi) is 4.43. The summed E-state index contributed by atoms with van der Waals surface area (Å²) in [6.07, 6.45) is 0.135. The van der Waals surface area contributed by atoms with E-state index in [9.17, 15) is 15.0 Å². The molecule has 0 saturated carbocycles. The molecule has 2 N–H and O–H groups in total. The fourth-order valence-electron chi connectivity index (χ4n) is 2.75. The summed E-state index contributed by atoms with van der Waals surface area (Å²) in [5, 5.41) is 20.4. The zero-order valence-corrected chi connectivity index (χ0v) is 12.3. The van der Waals surface area contributed by atoms with Crippen molar-refractivity contribution in [2.24, 2.45) is 0 Å². The lowest BCUT2D eigenvalue weighted by Gasteiger charge is -2.33. The minimum atomic E-state index is -1.83. The summed E-state index contributed by atoms with van der Waals surface area (Å²) >= 11 is 0. The zero-order valence-electron chi connectivity index (χ0n) is 12.3. The number of carboxylic acids is 1. The van der Waals surface area contributed by atoms with Gasteiger partial charge in [-0.25, -0.2) is 4.79 Å². The van der Waals surface area contributed by atoms with Crippen molar-refractivity contribution in [2.45, 2.75) is 31.8 Å². The number of carboxylic acid groups (broad SMARTS) is 1. The molecule has 0 amide bonds. The van der Waals surface area contributed by atoms with Gasteiger partial charge >= 0.3 is 5.97 Å². The molecule has 0 aliphatic rings. The maximum absolute atomic E-state index is 11.7. The molecule has 0 fully saturated rings. The van der Waals surface area contributed by atoms with Crippen LogP contribution in [0.1, 0.15) is 36.0 Å². The Labute approximate surface area is 124 Å². The minimum Gasteiger partial charge on any atom is -0.479 e. The Morgan fingerprint density at radius 1 is 1.10 bits per heavy atom. The van der Waals surface area contributed by atoms with E-state index >= 15 is 0 Å². The molecule has 2 aromatic rings. The summed E-state index contributed by atoms with van der Waals surface area (Å²) in [6, 6.07) is 16.9. The molecular weight excluding hydrogens is 264 g/mol. The predicted octanol–water partition coefficient (Wildman–Crippen LogP) is 3.35. The largest absolute Gasteiger partial charge is 0.479 e. The van der Waals surface area contributed by atoms with E-state index in [2.05, 4.69) is 0 Å². The van der Waals surface area contributed by atoms with Crippen LogP contribution in [-0.4, -0.2) is 21.8 Å². The first-order valence-corrected chi connectivity index (χ1v) is 7.07. The topological polar surface area (TPSA) is 57.5 Å². The zero-order chi connectivity index (χ0) is 15.5. The standard InChI is InChI=1S/C18H20O3/c1-3-18(21,17(19)20)16(14-10-5-4-6-11-14)15-12-8-7-9-13(15)2/h4-12,16,21H,3H2,1-2H3,(H,19,20). The van der Waals surface area contributed by atoms with Gasteiger partial charge in [-0.05, 0) is 30.0 Å². The van der Waals surface area contributed by atoms with Crippen molar-refractivity contribution in [3.8, 4) is 0 Å². The van der Waals surface area contributed by atoms with Crippen LogP contribution in [0, 0.1) is 6.92 Å². The van der Waals surface area contributed by atoms with Crippen LogP contribution in [0.2, 0.25) is 0 Å². The Hall–Kier alpha value is -2.13. The summed E-state index contributed by atoms with van der Waals surface area (Å²) in [5.74, 6) is -1.79. The van der Waals surface area contributed by atoms with Crippen LogP contribution < -0.4 is 0 Å². The highest BCUT2D eigenvalue weighted by molar-refractivity contribution is 5.80. The summed E-state index contributed by atoms with van der Waals surface area (Å²) < 4.78 is 0. The van der Waals surface area contributed by atoms with Crippen molar-refractivity contribution in [1.29, 1.82) is 0 Å². The predicted molar refractivity (Wildman–Crippen MR) is 82.3 cm³/mol. The molecule has 0 bridgehead atoms. The van der Waals surface area contributed by atoms with Crippen LogP contribution in [0.5, 0.6) is 0 Å². The molecule has 0 aromatic heterocycles. The number of hydrogen-bond acceptors (Lipinski definition) is 2. The average molecular weight is 284 g/mol. The molecule has 0 saturated heterocycles. The number of hydrogen-bond donors (Lipinski definition) is 2. The molecule has 3 heteroatoms. The van der Waals surface area contributed by atoms with E-state index in [0.717, 1.165) is 16.7 Å². The van der Waals surface area contributed by atoms with E-state index < -0.39 is 17.5 Å². The van der Waals surface area contributed by atoms with Gasteiger partial charge in [0.2, 0.25) is 0 Å². The van der Waals surface area contributed by atoms with E-state index in [1.165, 1.54) is 0 Å². The third-order valence-corrected chi connectivity index (χ3v) is 4.02. The number of benzene rings is 2. The third-order valence-electron chi connectivity index (χ3n) is 4.02. The van der Waals surface area contributed by atoms with E-state index in [4.69, 9.17) is 0 Å². The van der Waals surface area contributed by atoms with Crippen molar-refractivity contribution in [3.05, 3.63) is 71.3 Å². The lowest BCUT2D eigenvalue weighted by Crippen LogP contribution is -2.44. The number of carbonyl (C=O) groups is 1. The molecule has 0 heterocycles. The van der Waals surface area contributed by atoms with Gasteiger partial charge in [-0.1, -0.05) is 61.5 Å². The van der Waals surface area contributed by atoms with Gasteiger partial charge in [0.15, 0.2) is 5.60 Å². The molecule has 2 rings (SSSR count). The maximum atomic E-state index is 11.7. The van der Waals surface area contributed by atoms with Crippen LogP contribution in [0.25, 0.3) is 0 Å². The molecule has 0 aliphatic carbocycles. The lowest BCUT2D eigenvalue weighted by atomic mass is 9.74. The van der Waals surface area contributed by atoms with Gasteiger partial charge in [-0.2, -0.15) is 0 Å². The number of aryl methyl sites for hydroxylation is 1. The highest BCUT2D eigenvalue weighted by Gasteiger charge is 2.44. The van der Waals surface area contributed by atoms with E-state index in [-0.39, 0.29) is 6.42 Å². The average Bonchev–Trinajstić information content (AvgIpc) is 2.50. The van der Waals surface area contributed by atoms with Crippen molar-refractivity contribution in [2.75, 3.05) is 0 Å². The van der Waals surface area contributed by atoms with Crippen LogP contribution in [0.15, 0.2) is 54.6 Å². The van der Waals surface area contributed by atoms with Crippen molar-refractivity contribution >= 4 is 5.97 Å². The molecule has 3 nitrogen and oxygen atoms in total. The van der Waals surface area contributed by atoms with Gasteiger partial charge < -0.3 is 10.2 Å². The molecule has 2 atom stereocenters. The summed E-state index contributed by atoms with van der Waals surface area (Å²) in [4.78, 5) is 11.7. The van der Waals surface area contributed by atoms with Gasteiger partial charge in [0.1, 0.15) is 0 Å². The van der Waals surface area contributed by atoms with Gasteiger partial charge in [-0.15, -0.1) is 0 Å². The third kappa shape index (κ3) is 2.83. The van der Waals surface area contributed by atoms with Crippen LogP contribution in [-0.2, 0) is 4.79 Å². The first-order valence-electron chi connectivity index (χ1n) is 7.07. The Morgan fingerprint density at radius 2 is 1.67 bits per heavy atom. The van der Waals surface area contributed by atoms with E-state index in [1.54, 1.807) is 6.92 Å². The number of aliphatic hydroxyl groups is 1. The molecular formula is C18H20O3. The SMILES string of the molecule is CCC(O)(C(=O)O)C(c1ccccc1)c1ccccc1C. The fourth-order valence-corrected chi connectivity index (χ4v) is 2.75. The smallest absolute Gasteiger partial charge is 0.336 e. The van der Waals surface area contributed by atoms with Crippen LogP contribution in [0.4, 0.5) is 0 Å². The molecule has 2 aromatic carbocycles. The number of aliphatic carboxylic acids is 1. The Morgan fingerprint density at radius 3 is 2.19 bits per heavy atom. The van der Waals surface area contributed by atoms with Gasteiger partial charge in [0.25, 0.3) is 0 Å². The van der Waals surface area contributed by atoms with Crippen LogP contribution in [0.3, 0.4) is 0 Å². The molecule has 110 valence electrons. The Balaban J connectivity index is 2.66. The molecule has 0 aliphatic heterocycles. The normalized spacial score (nSPS) is 15.2. The van der Waals surface area contributed by atoms with Crippen molar-refractivity contribution < 1.29 is 15.0 Å². The summed E-state index contributed by atoms with van der Waals surface area (Å²) in [5.41, 5.74) is 0.793. The quantitative estimate of drug-likeness (QED) is 0.885. The first-order chi connectivity index (χ1) is 10.0. The monoisotopic (exact) mass is 284 g/mol. The summed E-state index contributed by atoms with van der Waals surface area (Å²) in [7, 11) is 0. The molecule has 21 heavy (non-hydrogen) atoms. The van der Waals surface area contributed by atoms with E-state index in [1.807, 2.05) is 61.5 Å². The second-order valence-corrected chi connectivity index (χ2v) is 5.28. The van der Waals surface area contributed by atoms with Crippen LogP contribution >= 0.6 is 0 Å². The molecule has 0 radical (unpaired) electrons. The van der Waals surface area contributed by atoms with E-state index in [0.29, 0.717) is 0 Å². The second kappa shape index (κ2) is 6.10. The Bertz CT molecular complexity index is 621. The van der Waals surface area contributed by atoms with Gasteiger partial charge in [0, 0.05) is 5.92 Å². The lowest BCUT2D eigenvalue weighted by molar-refractivity contribution is -0.160. The maximum Gasteiger partial charge on any atom is 0.336 e. The second-order valence-electron chi connectivity index (χ2n) is 5.28.